The number of nitrogens with one attached hydrogen (secondary N) is 1. The maximum Gasteiger partial charge on any atom is 0.417 e. The number of rotatable bonds is 2. The van der Waals surface area contributed by atoms with Crippen LogP contribution in [0.3, 0.4) is 0 Å². The van der Waals surface area contributed by atoms with Gasteiger partial charge < -0.3 is 0 Å². The fourth-order valence-corrected chi connectivity index (χ4v) is 1.71. The minimum atomic E-state index is -4.45. The van der Waals surface area contributed by atoms with Crippen molar-refractivity contribution in [2.45, 2.75) is 6.18 Å². The van der Waals surface area contributed by atoms with Crippen molar-refractivity contribution in [1.29, 1.82) is 5.41 Å². The van der Waals surface area contributed by atoms with Crippen LogP contribution in [0.1, 0.15) is 16.7 Å². The van der Waals surface area contributed by atoms with Crippen molar-refractivity contribution in [2.24, 2.45) is 0 Å². The summed E-state index contributed by atoms with van der Waals surface area (Å²) in [5.41, 5.74) is -0.534. The first-order valence-corrected chi connectivity index (χ1v) is 5.30. The molecule has 0 spiro atoms. The van der Waals surface area contributed by atoms with Crippen LogP contribution >= 0.6 is 12.4 Å². The lowest BCUT2D eigenvalue weighted by Crippen LogP contribution is -2.13. The molecule has 2 aromatic rings. The number of hydrogen-bond acceptors (Lipinski definition) is 1. The first kappa shape index (κ1) is 15.2. The van der Waals surface area contributed by atoms with Gasteiger partial charge >= 0.3 is 6.18 Å². The Bertz CT molecular complexity index is 564. The van der Waals surface area contributed by atoms with E-state index >= 15 is 0 Å². The summed E-state index contributed by atoms with van der Waals surface area (Å²) in [6.45, 7) is 0. The van der Waals surface area contributed by atoms with Crippen molar-refractivity contribution < 1.29 is 13.2 Å². The van der Waals surface area contributed by atoms with E-state index in [1.165, 1.54) is 18.2 Å². The summed E-state index contributed by atoms with van der Waals surface area (Å²) in [5, 5.41) is 7.89. The fourth-order valence-electron chi connectivity index (χ4n) is 1.71. The van der Waals surface area contributed by atoms with Crippen molar-refractivity contribution >= 4 is 18.1 Å². The highest BCUT2D eigenvalue weighted by molar-refractivity contribution is 6.11. The van der Waals surface area contributed by atoms with Crippen LogP contribution in [0.15, 0.2) is 54.6 Å². The number of halogens is 4. The Labute approximate surface area is 115 Å². The van der Waals surface area contributed by atoms with Gasteiger partial charge in [0.05, 0.1) is 11.3 Å². The molecule has 0 heterocycles. The van der Waals surface area contributed by atoms with Crippen molar-refractivity contribution in [3.8, 4) is 0 Å². The lowest BCUT2D eigenvalue weighted by molar-refractivity contribution is -0.137. The van der Waals surface area contributed by atoms with Gasteiger partial charge in [-0.2, -0.15) is 13.2 Å². The average molecular weight is 286 g/mol. The van der Waals surface area contributed by atoms with Crippen LogP contribution < -0.4 is 0 Å². The van der Waals surface area contributed by atoms with Crippen LogP contribution in [0, 0.1) is 5.41 Å². The van der Waals surface area contributed by atoms with Gasteiger partial charge in [0.1, 0.15) is 0 Å². The number of hydrogen-bond donors (Lipinski definition) is 1. The standard InChI is InChI=1S/C14H10F3N.ClH/c15-14(16,17)12-9-5-4-8-11(12)13(18)10-6-2-1-3-7-10;/h1-9,18H;1H. The highest BCUT2D eigenvalue weighted by atomic mass is 35.5. The predicted molar refractivity (Wildman–Crippen MR) is 71.1 cm³/mol. The molecule has 0 aliphatic carbocycles. The SMILES string of the molecule is Cl.N=C(c1ccccc1)c1ccccc1C(F)(F)F. The molecule has 0 unspecified atom stereocenters. The molecule has 0 atom stereocenters. The zero-order chi connectivity index (χ0) is 13.2. The second-order valence-corrected chi connectivity index (χ2v) is 3.78. The maximum absolute atomic E-state index is 12.8. The molecule has 2 aromatic carbocycles. The predicted octanol–water partition coefficient (Wildman–Crippen LogP) is 4.54. The average Bonchev–Trinajstić information content (AvgIpc) is 2.38. The molecule has 0 amide bonds. The lowest BCUT2D eigenvalue weighted by Gasteiger charge is -2.13. The monoisotopic (exact) mass is 285 g/mol. The molecule has 2 rings (SSSR count). The third-order valence-corrected chi connectivity index (χ3v) is 2.56. The highest BCUT2D eigenvalue weighted by Crippen LogP contribution is 2.32. The van der Waals surface area contributed by atoms with Gasteiger partial charge in [-0.05, 0) is 6.07 Å². The molecular formula is C14H11ClF3N. The molecule has 0 aliphatic heterocycles. The third-order valence-electron chi connectivity index (χ3n) is 2.56. The summed E-state index contributed by atoms with van der Waals surface area (Å²) in [6.07, 6.45) is -4.45. The number of benzene rings is 2. The number of alkyl halides is 3. The van der Waals surface area contributed by atoms with Crippen molar-refractivity contribution in [2.75, 3.05) is 0 Å². The molecule has 1 nitrogen and oxygen atoms in total. The first-order valence-electron chi connectivity index (χ1n) is 5.30. The fraction of sp³-hybridized carbons (Fsp3) is 0.0714. The van der Waals surface area contributed by atoms with E-state index in [1.54, 1.807) is 30.3 Å². The smallest absolute Gasteiger partial charge is 0.300 e. The van der Waals surface area contributed by atoms with Gasteiger partial charge in [0.2, 0.25) is 0 Å². The Kier molecular flexibility index (Phi) is 4.72. The topological polar surface area (TPSA) is 23.9 Å². The molecule has 0 bridgehead atoms. The second kappa shape index (κ2) is 5.89. The Hall–Kier alpha value is -1.81. The van der Waals surface area contributed by atoms with E-state index < -0.39 is 11.7 Å². The van der Waals surface area contributed by atoms with E-state index in [0.29, 0.717) is 5.56 Å². The lowest BCUT2D eigenvalue weighted by atomic mass is 9.97. The summed E-state index contributed by atoms with van der Waals surface area (Å²) in [4.78, 5) is 0. The minimum absolute atomic E-state index is 0. The van der Waals surface area contributed by atoms with Gasteiger partial charge in [-0.3, -0.25) is 5.41 Å². The van der Waals surface area contributed by atoms with Crippen molar-refractivity contribution in [1.82, 2.24) is 0 Å². The summed E-state index contributed by atoms with van der Waals surface area (Å²) in [7, 11) is 0. The Balaban J connectivity index is 0.00000180. The molecule has 5 heteroatoms. The van der Waals surface area contributed by atoms with Gasteiger partial charge in [0.25, 0.3) is 0 Å². The van der Waals surface area contributed by atoms with E-state index in [2.05, 4.69) is 0 Å². The van der Waals surface area contributed by atoms with Gasteiger partial charge in [-0.15, -0.1) is 12.4 Å². The molecule has 19 heavy (non-hydrogen) atoms. The van der Waals surface area contributed by atoms with Crippen molar-refractivity contribution in [3.63, 3.8) is 0 Å². The van der Waals surface area contributed by atoms with Crippen LogP contribution in [0.4, 0.5) is 13.2 Å². The van der Waals surface area contributed by atoms with E-state index in [1.807, 2.05) is 0 Å². The van der Waals surface area contributed by atoms with Gasteiger partial charge in [-0.25, -0.2) is 0 Å². The van der Waals surface area contributed by atoms with E-state index in [-0.39, 0.29) is 23.7 Å². The zero-order valence-electron chi connectivity index (χ0n) is 9.74. The first-order chi connectivity index (χ1) is 8.50. The molecule has 0 saturated carbocycles. The van der Waals surface area contributed by atoms with E-state index in [9.17, 15) is 13.2 Å². The zero-order valence-corrected chi connectivity index (χ0v) is 10.6. The summed E-state index contributed by atoms with van der Waals surface area (Å²) >= 11 is 0. The van der Waals surface area contributed by atoms with Crippen LogP contribution in [-0.4, -0.2) is 5.71 Å². The molecule has 1 N–H and O–H groups in total. The molecule has 0 radical (unpaired) electrons. The van der Waals surface area contributed by atoms with Gasteiger partial charge in [0, 0.05) is 11.1 Å². The molecule has 0 fully saturated rings. The minimum Gasteiger partial charge on any atom is -0.300 e. The van der Waals surface area contributed by atoms with Crippen molar-refractivity contribution in [3.05, 3.63) is 71.3 Å². The molecule has 100 valence electrons. The van der Waals surface area contributed by atoms with E-state index in [0.717, 1.165) is 6.07 Å². The summed E-state index contributed by atoms with van der Waals surface area (Å²) in [6, 6.07) is 13.5. The van der Waals surface area contributed by atoms with Crippen LogP contribution in [0.25, 0.3) is 0 Å². The molecule has 0 saturated heterocycles. The Morgan fingerprint density at radius 2 is 1.37 bits per heavy atom. The summed E-state index contributed by atoms with van der Waals surface area (Å²) in [5.74, 6) is 0. The third kappa shape index (κ3) is 3.35. The quantitative estimate of drug-likeness (QED) is 0.783. The maximum atomic E-state index is 12.8. The van der Waals surface area contributed by atoms with Gasteiger partial charge in [0.15, 0.2) is 0 Å². The largest absolute Gasteiger partial charge is 0.417 e. The van der Waals surface area contributed by atoms with Gasteiger partial charge in [-0.1, -0.05) is 48.5 Å². The molecule has 0 aliphatic rings. The Morgan fingerprint density at radius 1 is 0.842 bits per heavy atom. The highest BCUT2D eigenvalue weighted by Gasteiger charge is 2.33. The van der Waals surface area contributed by atoms with Crippen LogP contribution in [-0.2, 0) is 6.18 Å². The Morgan fingerprint density at radius 3 is 1.95 bits per heavy atom. The van der Waals surface area contributed by atoms with E-state index in [4.69, 9.17) is 5.41 Å². The molecular weight excluding hydrogens is 275 g/mol. The molecule has 0 aromatic heterocycles. The summed E-state index contributed by atoms with van der Waals surface area (Å²) < 4.78 is 38.5. The normalized spacial score (nSPS) is 10.7. The van der Waals surface area contributed by atoms with Crippen LogP contribution in [0.5, 0.6) is 0 Å². The second-order valence-electron chi connectivity index (χ2n) is 3.78. The van der Waals surface area contributed by atoms with Crippen LogP contribution in [0.2, 0.25) is 0 Å².